The van der Waals surface area contributed by atoms with Crippen molar-refractivity contribution in [1.82, 2.24) is 4.90 Å². The van der Waals surface area contributed by atoms with Crippen LogP contribution in [0, 0.1) is 0 Å². The van der Waals surface area contributed by atoms with Crippen LogP contribution in [0.1, 0.15) is 30.5 Å². The number of amides is 1. The Kier molecular flexibility index (Phi) is 7.29. The van der Waals surface area contributed by atoms with Crippen molar-refractivity contribution in [2.24, 2.45) is 0 Å². The summed E-state index contributed by atoms with van der Waals surface area (Å²) in [5, 5.41) is 11.1. The minimum atomic E-state index is -0.712. The van der Waals surface area contributed by atoms with E-state index in [1.807, 2.05) is 31.2 Å². The van der Waals surface area contributed by atoms with Gasteiger partial charge in [0.2, 0.25) is 0 Å². The van der Waals surface area contributed by atoms with Gasteiger partial charge in [-0.15, -0.1) is 0 Å². The summed E-state index contributed by atoms with van der Waals surface area (Å²) in [7, 11) is 1.53. The number of ketones is 1. The van der Waals surface area contributed by atoms with E-state index in [0.29, 0.717) is 17.9 Å². The van der Waals surface area contributed by atoms with E-state index in [2.05, 4.69) is 15.9 Å². The monoisotopic (exact) mass is 473 g/mol. The lowest BCUT2D eigenvalue weighted by Gasteiger charge is -2.25. The van der Waals surface area contributed by atoms with Gasteiger partial charge in [-0.25, -0.2) is 0 Å². The second kappa shape index (κ2) is 9.91. The van der Waals surface area contributed by atoms with Crippen LogP contribution in [0.3, 0.4) is 0 Å². The van der Waals surface area contributed by atoms with Crippen molar-refractivity contribution in [1.29, 1.82) is 0 Å². The number of aliphatic hydroxyl groups is 1. The van der Waals surface area contributed by atoms with Crippen molar-refractivity contribution in [3.8, 4) is 5.75 Å². The van der Waals surface area contributed by atoms with Crippen LogP contribution in [0.15, 0.2) is 58.6 Å². The summed E-state index contributed by atoms with van der Waals surface area (Å²) in [4.78, 5) is 27.1. The van der Waals surface area contributed by atoms with Crippen LogP contribution in [0.5, 0.6) is 5.75 Å². The Labute approximate surface area is 184 Å². The van der Waals surface area contributed by atoms with Crippen LogP contribution in [-0.4, -0.2) is 48.6 Å². The molecule has 30 heavy (non-hydrogen) atoms. The van der Waals surface area contributed by atoms with Gasteiger partial charge >= 0.3 is 0 Å². The van der Waals surface area contributed by atoms with Crippen LogP contribution in [0.2, 0.25) is 0 Å². The minimum Gasteiger partial charge on any atom is -0.507 e. The molecule has 0 saturated carbocycles. The highest BCUT2D eigenvalue weighted by molar-refractivity contribution is 9.10. The third-order valence-corrected chi connectivity index (χ3v) is 5.37. The van der Waals surface area contributed by atoms with Crippen molar-refractivity contribution in [2.75, 3.05) is 26.9 Å². The predicted molar refractivity (Wildman–Crippen MR) is 117 cm³/mol. The zero-order chi connectivity index (χ0) is 21.7. The molecular formula is C23H24BrNO5. The summed E-state index contributed by atoms with van der Waals surface area (Å²) >= 11 is 3.40. The fourth-order valence-corrected chi connectivity index (χ4v) is 3.66. The maximum absolute atomic E-state index is 12.9. The third-order valence-electron chi connectivity index (χ3n) is 4.84. The van der Waals surface area contributed by atoms with Gasteiger partial charge < -0.3 is 19.5 Å². The minimum absolute atomic E-state index is 0.0612. The highest BCUT2D eigenvalue weighted by atomic mass is 79.9. The fraction of sp³-hybridized carbons (Fsp3) is 0.304. The van der Waals surface area contributed by atoms with Crippen LogP contribution in [0.4, 0.5) is 0 Å². The lowest BCUT2D eigenvalue weighted by Crippen LogP contribution is -2.32. The van der Waals surface area contributed by atoms with Gasteiger partial charge in [0.25, 0.3) is 11.7 Å². The van der Waals surface area contributed by atoms with Crippen LogP contribution in [-0.2, 0) is 14.3 Å². The first-order chi connectivity index (χ1) is 14.5. The van der Waals surface area contributed by atoms with Crippen LogP contribution in [0.25, 0.3) is 5.76 Å². The number of methoxy groups -OCH3 is 1. The van der Waals surface area contributed by atoms with Crippen molar-refractivity contribution in [3.05, 3.63) is 69.7 Å². The van der Waals surface area contributed by atoms with E-state index in [1.165, 1.54) is 12.0 Å². The molecule has 2 aromatic rings. The highest BCUT2D eigenvalue weighted by Gasteiger charge is 2.45. The van der Waals surface area contributed by atoms with Crippen molar-refractivity contribution in [2.45, 2.75) is 19.4 Å². The summed E-state index contributed by atoms with van der Waals surface area (Å²) < 4.78 is 11.6. The maximum atomic E-state index is 12.9. The average Bonchev–Trinajstić information content (AvgIpc) is 3.01. The first-order valence-electron chi connectivity index (χ1n) is 9.74. The number of Topliss-reactive ketones (excluding diaryl/α,β-unsaturated/α-hetero) is 1. The summed E-state index contributed by atoms with van der Waals surface area (Å²) in [6.45, 7) is 3.06. The smallest absolute Gasteiger partial charge is 0.295 e. The molecule has 0 aromatic heterocycles. The Hall–Kier alpha value is -2.64. The third kappa shape index (κ3) is 4.57. The Morgan fingerprint density at radius 3 is 2.53 bits per heavy atom. The number of ether oxygens (including phenoxy) is 2. The van der Waals surface area contributed by atoms with E-state index >= 15 is 0 Å². The Bertz CT molecular complexity index is 954. The summed E-state index contributed by atoms with van der Waals surface area (Å²) in [6.07, 6.45) is 0.852. The molecule has 2 aromatic carbocycles. The lowest BCUT2D eigenvalue weighted by atomic mass is 9.95. The summed E-state index contributed by atoms with van der Waals surface area (Å²) in [5.41, 5.74) is 1.22. The first kappa shape index (κ1) is 22.1. The van der Waals surface area contributed by atoms with Gasteiger partial charge in [0, 0.05) is 23.7 Å². The van der Waals surface area contributed by atoms with Gasteiger partial charge in [0.05, 0.1) is 24.8 Å². The highest BCUT2D eigenvalue weighted by Crippen LogP contribution is 2.39. The van der Waals surface area contributed by atoms with Gasteiger partial charge in [-0.2, -0.15) is 0 Å². The number of carbonyl (C=O) groups is 2. The molecule has 7 heteroatoms. The summed E-state index contributed by atoms with van der Waals surface area (Å²) in [6, 6.07) is 13.5. The Morgan fingerprint density at radius 1 is 1.13 bits per heavy atom. The molecule has 1 aliphatic rings. The Balaban J connectivity index is 2.10. The number of aliphatic hydroxyl groups excluding tert-OH is 1. The van der Waals surface area contributed by atoms with E-state index in [1.54, 1.807) is 24.3 Å². The molecule has 1 unspecified atom stereocenters. The maximum Gasteiger partial charge on any atom is 0.295 e. The number of nitrogens with zero attached hydrogens (tertiary/aromatic N) is 1. The molecular weight excluding hydrogens is 450 g/mol. The Morgan fingerprint density at radius 2 is 1.87 bits per heavy atom. The van der Waals surface area contributed by atoms with Gasteiger partial charge in [0.1, 0.15) is 11.5 Å². The topological polar surface area (TPSA) is 76.1 Å². The molecule has 6 nitrogen and oxygen atoms in total. The van der Waals surface area contributed by atoms with Gasteiger partial charge in [-0.3, -0.25) is 9.59 Å². The lowest BCUT2D eigenvalue weighted by molar-refractivity contribution is -0.140. The van der Waals surface area contributed by atoms with Crippen LogP contribution >= 0.6 is 15.9 Å². The number of hydrogen-bond donors (Lipinski definition) is 1. The van der Waals surface area contributed by atoms with E-state index in [0.717, 1.165) is 16.5 Å². The van der Waals surface area contributed by atoms with E-state index in [-0.39, 0.29) is 24.5 Å². The number of likely N-dealkylation sites (tertiary alicyclic amines) is 1. The molecule has 1 N–H and O–H groups in total. The van der Waals surface area contributed by atoms with Crippen molar-refractivity contribution >= 4 is 33.4 Å². The standard InChI is InChI=1S/C23H24BrNO5/c1-3-12-30-18-6-4-5-16(14-18)21(26)19-20(15-7-9-17(24)10-8-15)25(11-13-29-2)23(28)22(19)27/h4-10,14,20,26H,3,11-13H2,1-2H3. The molecule has 158 valence electrons. The van der Waals surface area contributed by atoms with E-state index < -0.39 is 17.7 Å². The fourth-order valence-electron chi connectivity index (χ4n) is 3.40. The van der Waals surface area contributed by atoms with E-state index in [9.17, 15) is 14.7 Å². The zero-order valence-electron chi connectivity index (χ0n) is 16.9. The second-order valence-electron chi connectivity index (χ2n) is 6.91. The SMILES string of the molecule is CCCOc1cccc(C(O)=C2C(=O)C(=O)N(CCOC)C2c2ccc(Br)cc2)c1. The molecule has 3 rings (SSSR count). The van der Waals surface area contributed by atoms with Crippen molar-refractivity contribution < 1.29 is 24.2 Å². The van der Waals surface area contributed by atoms with Gasteiger partial charge in [0.15, 0.2) is 0 Å². The molecule has 1 atom stereocenters. The molecule has 1 saturated heterocycles. The van der Waals surface area contributed by atoms with Crippen molar-refractivity contribution in [3.63, 3.8) is 0 Å². The van der Waals surface area contributed by atoms with Gasteiger partial charge in [-0.05, 0) is 36.2 Å². The molecule has 1 amide bonds. The molecule has 1 aliphatic heterocycles. The number of hydrogen-bond acceptors (Lipinski definition) is 5. The predicted octanol–water partition coefficient (Wildman–Crippen LogP) is 4.31. The van der Waals surface area contributed by atoms with E-state index in [4.69, 9.17) is 9.47 Å². The number of carbonyl (C=O) groups excluding carboxylic acids is 2. The molecule has 0 bridgehead atoms. The average molecular weight is 474 g/mol. The molecule has 0 aliphatic carbocycles. The largest absolute Gasteiger partial charge is 0.507 e. The van der Waals surface area contributed by atoms with Crippen LogP contribution < -0.4 is 4.74 Å². The molecule has 1 fully saturated rings. The quantitative estimate of drug-likeness (QED) is 0.351. The second-order valence-corrected chi connectivity index (χ2v) is 7.83. The number of rotatable bonds is 8. The first-order valence-corrected chi connectivity index (χ1v) is 10.5. The molecule has 0 spiro atoms. The summed E-state index contributed by atoms with van der Waals surface area (Å²) in [5.74, 6) is -0.992. The molecule has 0 radical (unpaired) electrons. The van der Waals surface area contributed by atoms with Gasteiger partial charge in [-0.1, -0.05) is 47.1 Å². The zero-order valence-corrected chi connectivity index (χ0v) is 18.5. The normalized spacial score (nSPS) is 18.1. The number of halogens is 1. The number of benzene rings is 2. The molecule has 1 heterocycles.